The second kappa shape index (κ2) is 7.49. The van der Waals surface area contributed by atoms with Gasteiger partial charge in [-0.3, -0.25) is 0 Å². The Bertz CT molecular complexity index is 221. The summed E-state index contributed by atoms with van der Waals surface area (Å²) in [6.07, 6.45) is 11.6. The number of nitrogens with one attached hydrogen (secondary N) is 1. The number of hydrogen-bond acceptors (Lipinski definition) is 2. The maximum absolute atomic E-state index is 3.73. The van der Waals surface area contributed by atoms with Crippen LogP contribution in [-0.4, -0.2) is 36.6 Å². The molecule has 0 spiro atoms. The summed E-state index contributed by atoms with van der Waals surface area (Å²) in [5.41, 5.74) is 0. The van der Waals surface area contributed by atoms with Crippen molar-refractivity contribution in [3.05, 3.63) is 0 Å². The van der Waals surface area contributed by atoms with E-state index in [0.29, 0.717) is 0 Å². The lowest BCUT2D eigenvalue weighted by atomic mass is 9.83. The van der Waals surface area contributed by atoms with Crippen LogP contribution in [0.3, 0.4) is 0 Å². The first-order chi connectivity index (χ1) is 8.85. The minimum atomic E-state index is 0.791. The molecule has 106 valence electrons. The van der Waals surface area contributed by atoms with E-state index in [2.05, 4.69) is 24.1 Å². The summed E-state index contributed by atoms with van der Waals surface area (Å²) in [4.78, 5) is 2.79. The van der Waals surface area contributed by atoms with Gasteiger partial charge in [0.25, 0.3) is 0 Å². The minimum absolute atomic E-state index is 0.791. The van der Waals surface area contributed by atoms with Gasteiger partial charge in [0.05, 0.1) is 0 Å². The number of hydrogen-bond donors (Lipinski definition) is 1. The molecule has 0 amide bonds. The van der Waals surface area contributed by atoms with Gasteiger partial charge in [0.15, 0.2) is 0 Å². The smallest absolute Gasteiger partial charge is 0.0107 e. The summed E-state index contributed by atoms with van der Waals surface area (Å²) in [6.45, 7) is 8.33. The Balaban J connectivity index is 1.87. The van der Waals surface area contributed by atoms with Gasteiger partial charge in [0.1, 0.15) is 0 Å². The third-order valence-corrected chi connectivity index (χ3v) is 5.09. The highest BCUT2D eigenvalue weighted by atomic mass is 15.2. The maximum Gasteiger partial charge on any atom is 0.0107 e. The van der Waals surface area contributed by atoms with E-state index in [1.165, 1.54) is 64.5 Å². The summed E-state index contributed by atoms with van der Waals surface area (Å²) in [6, 6.07) is 1.69. The van der Waals surface area contributed by atoms with Crippen molar-refractivity contribution in [3.8, 4) is 0 Å². The van der Waals surface area contributed by atoms with Crippen LogP contribution in [0.1, 0.15) is 65.2 Å². The van der Waals surface area contributed by atoms with Gasteiger partial charge >= 0.3 is 0 Å². The number of nitrogens with zero attached hydrogens (tertiary/aromatic N) is 1. The monoisotopic (exact) mass is 252 g/mol. The SMILES string of the molecule is CCNC1CCCCC1CN(CC)C1CCCC1. The molecule has 18 heavy (non-hydrogen) atoms. The van der Waals surface area contributed by atoms with Crippen molar-refractivity contribution in [2.45, 2.75) is 77.3 Å². The zero-order valence-electron chi connectivity index (χ0n) is 12.5. The van der Waals surface area contributed by atoms with Crippen molar-refractivity contribution >= 4 is 0 Å². The molecule has 2 saturated carbocycles. The third kappa shape index (κ3) is 3.71. The molecule has 1 N–H and O–H groups in total. The molecule has 0 aliphatic heterocycles. The Morgan fingerprint density at radius 2 is 1.61 bits per heavy atom. The van der Waals surface area contributed by atoms with Crippen LogP contribution in [0.25, 0.3) is 0 Å². The van der Waals surface area contributed by atoms with Gasteiger partial charge in [-0.05, 0) is 44.7 Å². The van der Waals surface area contributed by atoms with Crippen LogP contribution < -0.4 is 5.32 Å². The molecule has 2 atom stereocenters. The van der Waals surface area contributed by atoms with Crippen LogP contribution in [0.15, 0.2) is 0 Å². The van der Waals surface area contributed by atoms with Gasteiger partial charge in [-0.25, -0.2) is 0 Å². The highest BCUT2D eigenvalue weighted by Gasteiger charge is 2.29. The summed E-state index contributed by atoms with van der Waals surface area (Å²) in [7, 11) is 0. The lowest BCUT2D eigenvalue weighted by molar-refractivity contribution is 0.136. The van der Waals surface area contributed by atoms with Crippen LogP contribution in [0, 0.1) is 5.92 Å². The van der Waals surface area contributed by atoms with E-state index >= 15 is 0 Å². The zero-order chi connectivity index (χ0) is 12.8. The first-order valence-electron chi connectivity index (χ1n) is 8.32. The predicted molar refractivity (Wildman–Crippen MR) is 78.9 cm³/mol. The quantitative estimate of drug-likeness (QED) is 0.779. The van der Waals surface area contributed by atoms with Gasteiger partial charge in [0.2, 0.25) is 0 Å². The van der Waals surface area contributed by atoms with E-state index < -0.39 is 0 Å². The van der Waals surface area contributed by atoms with Crippen molar-refractivity contribution < 1.29 is 0 Å². The third-order valence-electron chi connectivity index (χ3n) is 5.09. The molecule has 0 heterocycles. The van der Waals surface area contributed by atoms with Crippen molar-refractivity contribution in [1.29, 1.82) is 0 Å². The Labute approximate surface area is 114 Å². The normalized spacial score (nSPS) is 30.2. The fourth-order valence-corrected chi connectivity index (χ4v) is 4.06. The van der Waals surface area contributed by atoms with E-state index in [1.807, 2.05) is 0 Å². The highest BCUT2D eigenvalue weighted by molar-refractivity contribution is 4.85. The molecular weight excluding hydrogens is 220 g/mol. The molecule has 0 radical (unpaired) electrons. The van der Waals surface area contributed by atoms with Crippen LogP contribution in [0.5, 0.6) is 0 Å². The molecule has 2 aliphatic rings. The van der Waals surface area contributed by atoms with Gasteiger partial charge in [0, 0.05) is 18.6 Å². The summed E-state index contributed by atoms with van der Waals surface area (Å²) in [5, 5.41) is 3.73. The van der Waals surface area contributed by atoms with Crippen LogP contribution in [0.4, 0.5) is 0 Å². The van der Waals surface area contributed by atoms with Crippen LogP contribution in [0.2, 0.25) is 0 Å². The molecule has 2 nitrogen and oxygen atoms in total. The van der Waals surface area contributed by atoms with Crippen LogP contribution in [-0.2, 0) is 0 Å². The largest absolute Gasteiger partial charge is 0.314 e. The Morgan fingerprint density at radius 1 is 0.944 bits per heavy atom. The standard InChI is InChI=1S/C16H32N2/c1-3-17-16-12-8-5-9-14(16)13-18(4-2)15-10-6-7-11-15/h14-17H,3-13H2,1-2H3. The topological polar surface area (TPSA) is 15.3 Å². The van der Waals surface area contributed by atoms with Gasteiger partial charge in [-0.2, -0.15) is 0 Å². The maximum atomic E-state index is 3.73. The lowest BCUT2D eigenvalue weighted by Gasteiger charge is -2.38. The molecule has 2 aliphatic carbocycles. The molecule has 2 unspecified atom stereocenters. The molecule has 2 rings (SSSR count). The molecule has 0 aromatic heterocycles. The molecule has 0 aromatic carbocycles. The minimum Gasteiger partial charge on any atom is -0.314 e. The second-order valence-electron chi connectivity index (χ2n) is 6.23. The lowest BCUT2D eigenvalue weighted by Crippen LogP contribution is -2.46. The predicted octanol–water partition coefficient (Wildman–Crippen LogP) is 3.42. The fraction of sp³-hybridized carbons (Fsp3) is 1.00. The van der Waals surface area contributed by atoms with E-state index in [1.54, 1.807) is 0 Å². The van der Waals surface area contributed by atoms with Gasteiger partial charge < -0.3 is 10.2 Å². The molecule has 0 saturated heterocycles. The average molecular weight is 252 g/mol. The van der Waals surface area contributed by atoms with Crippen LogP contribution >= 0.6 is 0 Å². The molecule has 0 bridgehead atoms. The van der Waals surface area contributed by atoms with E-state index in [-0.39, 0.29) is 0 Å². The van der Waals surface area contributed by atoms with Crippen molar-refractivity contribution in [3.63, 3.8) is 0 Å². The Kier molecular flexibility index (Phi) is 5.97. The van der Waals surface area contributed by atoms with E-state index in [9.17, 15) is 0 Å². The van der Waals surface area contributed by atoms with Crippen molar-refractivity contribution in [2.24, 2.45) is 5.92 Å². The molecular formula is C16H32N2. The average Bonchev–Trinajstić information content (AvgIpc) is 2.92. The van der Waals surface area contributed by atoms with Crippen molar-refractivity contribution in [1.82, 2.24) is 10.2 Å². The summed E-state index contributed by atoms with van der Waals surface area (Å²) in [5.74, 6) is 0.902. The number of rotatable bonds is 6. The summed E-state index contributed by atoms with van der Waals surface area (Å²) < 4.78 is 0. The van der Waals surface area contributed by atoms with Crippen molar-refractivity contribution in [2.75, 3.05) is 19.6 Å². The fourth-order valence-electron chi connectivity index (χ4n) is 4.06. The molecule has 0 aromatic rings. The Hall–Kier alpha value is -0.0800. The van der Waals surface area contributed by atoms with Gasteiger partial charge in [-0.15, -0.1) is 0 Å². The van der Waals surface area contributed by atoms with E-state index in [0.717, 1.165) is 24.5 Å². The summed E-state index contributed by atoms with van der Waals surface area (Å²) >= 11 is 0. The van der Waals surface area contributed by atoms with E-state index in [4.69, 9.17) is 0 Å². The zero-order valence-corrected chi connectivity index (χ0v) is 12.5. The molecule has 2 heteroatoms. The van der Waals surface area contributed by atoms with Gasteiger partial charge in [-0.1, -0.05) is 39.5 Å². The first kappa shape index (κ1) is 14.3. The molecule has 2 fully saturated rings. The first-order valence-corrected chi connectivity index (χ1v) is 8.32. The Morgan fingerprint density at radius 3 is 2.28 bits per heavy atom. The highest BCUT2D eigenvalue weighted by Crippen LogP contribution is 2.29. The second-order valence-corrected chi connectivity index (χ2v) is 6.23.